The van der Waals surface area contributed by atoms with Crippen molar-refractivity contribution >= 4 is 19.5 Å². The van der Waals surface area contributed by atoms with E-state index in [2.05, 4.69) is 4.98 Å². The molecular weight excluding hydrogens is 267 g/mol. The standard InChI is InChI=1S/C15H23BN2O3/c1-14(2,3)21-13(19)18-8-6-15(20,7-9-18)11-4-5-12(16)17-10-11/h4-5,10,20H,6-9,16H2,1-3H3. The van der Waals surface area contributed by atoms with Crippen LogP contribution in [0.25, 0.3) is 0 Å². The minimum atomic E-state index is -0.904. The first-order valence-electron chi connectivity index (χ1n) is 7.33. The summed E-state index contributed by atoms with van der Waals surface area (Å²) in [5, 5.41) is 10.7. The summed E-state index contributed by atoms with van der Waals surface area (Å²) in [6.07, 6.45) is 2.40. The number of rotatable bonds is 1. The number of pyridine rings is 1. The van der Waals surface area contributed by atoms with Crippen molar-refractivity contribution in [2.24, 2.45) is 0 Å². The summed E-state index contributed by atoms with van der Waals surface area (Å²) in [4.78, 5) is 17.9. The summed E-state index contributed by atoms with van der Waals surface area (Å²) in [6.45, 7) is 6.52. The molecule has 114 valence electrons. The zero-order valence-corrected chi connectivity index (χ0v) is 13.2. The minimum Gasteiger partial charge on any atom is -0.444 e. The number of amides is 1. The lowest BCUT2D eigenvalue weighted by molar-refractivity contribution is -0.0357. The van der Waals surface area contributed by atoms with Crippen molar-refractivity contribution in [3.05, 3.63) is 23.9 Å². The second kappa shape index (κ2) is 5.68. The molecule has 0 bridgehead atoms. The van der Waals surface area contributed by atoms with Crippen LogP contribution in [0.1, 0.15) is 39.2 Å². The van der Waals surface area contributed by atoms with Gasteiger partial charge < -0.3 is 14.7 Å². The van der Waals surface area contributed by atoms with E-state index < -0.39 is 11.2 Å². The van der Waals surface area contributed by atoms with Crippen LogP contribution < -0.4 is 5.59 Å². The van der Waals surface area contributed by atoms with E-state index in [1.54, 1.807) is 11.1 Å². The largest absolute Gasteiger partial charge is 0.444 e. The van der Waals surface area contributed by atoms with E-state index in [1.165, 1.54) is 0 Å². The fraction of sp³-hybridized carbons (Fsp3) is 0.600. The van der Waals surface area contributed by atoms with Crippen molar-refractivity contribution in [3.63, 3.8) is 0 Å². The van der Waals surface area contributed by atoms with E-state index in [1.807, 2.05) is 40.8 Å². The maximum Gasteiger partial charge on any atom is 0.410 e. The Morgan fingerprint density at radius 3 is 2.48 bits per heavy atom. The van der Waals surface area contributed by atoms with E-state index in [4.69, 9.17) is 4.74 Å². The van der Waals surface area contributed by atoms with Crippen LogP contribution in [0.4, 0.5) is 4.79 Å². The highest BCUT2D eigenvalue weighted by Crippen LogP contribution is 2.32. The first-order valence-corrected chi connectivity index (χ1v) is 7.33. The normalized spacial score (nSPS) is 18.4. The molecule has 5 nitrogen and oxygen atoms in total. The molecule has 1 N–H and O–H groups in total. The summed E-state index contributed by atoms with van der Waals surface area (Å²) >= 11 is 0. The molecule has 1 aromatic heterocycles. The Morgan fingerprint density at radius 1 is 1.38 bits per heavy atom. The van der Waals surface area contributed by atoms with Crippen molar-refractivity contribution < 1.29 is 14.6 Å². The van der Waals surface area contributed by atoms with Gasteiger partial charge in [-0.15, -0.1) is 0 Å². The van der Waals surface area contributed by atoms with Crippen molar-refractivity contribution in [1.29, 1.82) is 0 Å². The van der Waals surface area contributed by atoms with Crippen LogP contribution in [-0.4, -0.2) is 47.6 Å². The molecule has 0 saturated carbocycles. The minimum absolute atomic E-state index is 0.313. The predicted octanol–water partition coefficient (Wildman–Crippen LogP) is 0.558. The lowest BCUT2D eigenvalue weighted by atomic mass is 9.85. The Bertz CT molecular complexity index is 503. The van der Waals surface area contributed by atoms with Gasteiger partial charge in [-0.05, 0) is 39.2 Å². The molecule has 0 spiro atoms. The molecule has 0 radical (unpaired) electrons. The Kier molecular flexibility index (Phi) is 4.28. The van der Waals surface area contributed by atoms with E-state index in [0.717, 1.165) is 11.2 Å². The molecular formula is C15H23BN2O3. The fourth-order valence-corrected chi connectivity index (χ4v) is 2.42. The number of carbonyl (C=O) groups excluding carboxylic acids is 1. The lowest BCUT2D eigenvalue weighted by Gasteiger charge is -2.38. The second-order valence-corrected chi connectivity index (χ2v) is 6.69. The topological polar surface area (TPSA) is 62.7 Å². The highest BCUT2D eigenvalue weighted by molar-refractivity contribution is 6.30. The number of ether oxygens (including phenoxy) is 1. The Morgan fingerprint density at radius 2 is 2.00 bits per heavy atom. The average Bonchev–Trinajstić information content (AvgIpc) is 2.38. The van der Waals surface area contributed by atoms with Crippen molar-refractivity contribution in [2.45, 2.75) is 44.8 Å². The van der Waals surface area contributed by atoms with E-state index >= 15 is 0 Å². The van der Waals surface area contributed by atoms with E-state index in [0.29, 0.717) is 25.9 Å². The predicted molar refractivity (Wildman–Crippen MR) is 83.4 cm³/mol. The quantitative estimate of drug-likeness (QED) is 0.768. The smallest absolute Gasteiger partial charge is 0.410 e. The lowest BCUT2D eigenvalue weighted by Crippen LogP contribution is -2.46. The number of hydrogen-bond acceptors (Lipinski definition) is 4. The molecule has 1 saturated heterocycles. The van der Waals surface area contributed by atoms with Crippen molar-refractivity contribution in [1.82, 2.24) is 9.88 Å². The van der Waals surface area contributed by atoms with E-state index in [-0.39, 0.29) is 6.09 Å². The van der Waals surface area contributed by atoms with Gasteiger partial charge >= 0.3 is 6.09 Å². The van der Waals surface area contributed by atoms with Gasteiger partial charge in [0.05, 0.1) is 5.60 Å². The number of piperidine rings is 1. The van der Waals surface area contributed by atoms with E-state index in [9.17, 15) is 9.90 Å². The molecule has 0 aliphatic carbocycles. The highest BCUT2D eigenvalue weighted by atomic mass is 16.6. The maximum absolute atomic E-state index is 12.0. The molecule has 1 aliphatic heterocycles. The number of nitrogens with zero attached hydrogens (tertiary/aromatic N) is 2. The third-order valence-corrected chi connectivity index (χ3v) is 3.69. The van der Waals surface area contributed by atoms with Crippen LogP contribution in [0.5, 0.6) is 0 Å². The Balaban J connectivity index is 1.99. The number of hydrogen-bond donors (Lipinski definition) is 1. The molecule has 0 atom stereocenters. The SMILES string of the molecule is Bc1ccc(C2(O)CCN(C(=O)OC(C)(C)C)CC2)cn1. The molecule has 1 amide bonds. The zero-order valence-electron chi connectivity index (χ0n) is 13.2. The summed E-state index contributed by atoms with van der Waals surface area (Å²) < 4.78 is 5.36. The van der Waals surface area contributed by atoms with Gasteiger partial charge in [-0.1, -0.05) is 12.1 Å². The van der Waals surface area contributed by atoms with Gasteiger partial charge in [0, 0.05) is 24.8 Å². The molecule has 1 aromatic rings. The summed E-state index contributed by atoms with van der Waals surface area (Å²) in [5.74, 6) is 0. The third kappa shape index (κ3) is 3.97. The van der Waals surface area contributed by atoms with Crippen LogP contribution >= 0.6 is 0 Å². The van der Waals surface area contributed by atoms with Crippen LogP contribution in [0, 0.1) is 0 Å². The maximum atomic E-state index is 12.0. The first-order chi connectivity index (χ1) is 9.70. The van der Waals surface area contributed by atoms with Crippen molar-refractivity contribution in [3.8, 4) is 0 Å². The molecule has 21 heavy (non-hydrogen) atoms. The number of carbonyl (C=O) groups is 1. The molecule has 0 unspecified atom stereocenters. The van der Waals surface area contributed by atoms with Crippen LogP contribution in [0.15, 0.2) is 18.3 Å². The van der Waals surface area contributed by atoms with Gasteiger partial charge in [-0.25, -0.2) is 4.79 Å². The fourth-order valence-electron chi connectivity index (χ4n) is 2.42. The summed E-state index contributed by atoms with van der Waals surface area (Å²) in [7, 11) is 1.92. The van der Waals surface area contributed by atoms with Crippen LogP contribution in [0.3, 0.4) is 0 Å². The Labute approximate surface area is 126 Å². The zero-order chi connectivity index (χ0) is 15.7. The van der Waals surface area contributed by atoms with Gasteiger partial charge in [0.1, 0.15) is 5.60 Å². The third-order valence-electron chi connectivity index (χ3n) is 3.69. The van der Waals surface area contributed by atoms with Gasteiger partial charge in [0.2, 0.25) is 0 Å². The van der Waals surface area contributed by atoms with Crippen LogP contribution in [-0.2, 0) is 10.3 Å². The molecule has 0 aromatic carbocycles. The number of likely N-dealkylation sites (tertiary alicyclic amines) is 1. The Hall–Kier alpha value is -1.56. The second-order valence-electron chi connectivity index (χ2n) is 6.69. The molecule has 2 heterocycles. The van der Waals surface area contributed by atoms with Gasteiger partial charge in [0.25, 0.3) is 0 Å². The number of aliphatic hydroxyl groups is 1. The van der Waals surface area contributed by atoms with Gasteiger partial charge in [-0.3, -0.25) is 4.98 Å². The molecule has 2 rings (SSSR count). The average molecular weight is 290 g/mol. The molecule has 1 fully saturated rings. The van der Waals surface area contributed by atoms with Gasteiger partial charge in [0.15, 0.2) is 7.85 Å². The van der Waals surface area contributed by atoms with Gasteiger partial charge in [-0.2, -0.15) is 0 Å². The first kappa shape index (κ1) is 15.8. The van der Waals surface area contributed by atoms with Crippen LogP contribution in [0.2, 0.25) is 0 Å². The highest BCUT2D eigenvalue weighted by Gasteiger charge is 2.36. The summed E-state index contributed by atoms with van der Waals surface area (Å²) in [5.41, 5.74) is 0.343. The summed E-state index contributed by atoms with van der Waals surface area (Å²) in [6, 6.07) is 3.80. The monoisotopic (exact) mass is 290 g/mol. The van der Waals surface area contributed by atoms with Crippen molar-refractivity contribution in [2.75, 3.05) is 13.1 Å². The molecule has 1 aliphatic rings. The molecule has 6 heteroatoms. The number of aromatic nitrogens is 1.